The van der Waals surface area contributed by atoms with Gasteiger partial charge in [-0.2, -0.15) is 5.10 Å². The van der Waals surface area contributed by atoms with Crippen molar-refractivity contribution >= 4 is 11.6 Å². The second kappa shape index (κ2) is 6.63. The molecule has 1 unspecified atom stereocenters. The molecule has 2 rings (SSSR count). The monoisotopic (exact) mass is 287 g/mol. The highest BCUT2D eigenvalue weighted by Gasteiger charge is 2.15. The summed E-state index contributed by atoms with van der Waals surface area (Å²) in [5.41, 5.74) is 5.90. The van der Waals surface area contributed by atoms with Crippen molar-refractivity contribution in [3.05, 3.63) is 42.2 Å². The predicted octanol–water partition coefficient (Wildman–Crippen LogP) is 0.927. The molecule has 0 aliphatic rings. The number of carbonyl (C=O) groups excluding carboxylic acids is 1. The van der Waals surface area contributed by atoms with Crippen LogP contribution in [-0.4, -0.2) is 27.2 Å². The molecule has 1 atom stereocenters. The van der Waals surface area contributed by atoms with Gasteiger partial charge in [-0.05, 0) is 25.1 Å². The topological polar surface area (TPSA) is 85.8 Å². The number of anilines is 1. The minimum absolute atomic E-state index is 0.138. The van der Waals surface area contributed by atoms with Crippen LogP contribution in [0.4, 0.5) is 10.1 Å². The number of nitrogens with zero attached hydrogens (tertiary/aromatic N) is 3. The van der Waals surface area contributed by atoms with Gasteiger partial charge in [0.2, 0.25) is 5.91 Å². The molecule has 0 spiro atoms. The second-order valence-corrected chi connectivity index (χ2v) is 4.24. The van der Waals surface area contributed by atoms with Gasteiger partial charge in [-0.25, -0.2) is 14.1 Å². The summed E-state index contributed by atoms with van der Waals surface area (Å²) in [7, 11) is 0. The quantitative estimate of drug-likeness (QED) is 0.822. The van der Waals surface area contributed by atoms with Crippen LogP contribution in [0.25, 0.3) is 0 Å². The van der Waals surface area contributed by atoms with Gasteiger partial charge in [-0.1, -0.05) is 11.8 Å². The molecular weight excluding hydrogens is 273 g/mol. The lowest BCUT2D eigenvalue weighted by atomic mass is 10.2. The molecule has 1 amide bonds. The van der Waals surface area contributed by atoms with Crippen LogP contribution >= 0.6 is 0 Å². The Bertz CT molecular complexity index is 687. The predicted molar refractivity (Wildman–Crippen MR) is 75.7 cm³/mol. The van der Waals surface area contributed by atoms with Crippen LogP contribution in [0.15, 0.2) is 30.9 Å². The van der Waals surface area contributed by atoms with Gasteiger partial charge >= 0.3 is 0 Å². The van der Waals surface area contributed by atoms with Crippen molar-refractivity contribution < 1.29 is 9.18 Å². The van der Waals surface area contributed by atoms with Crippen LogP contribution in [0.1, 0.15) is 18.5 Å². The van der Waals surface area contributed by atoms with Gasteiger partial charge in [-0.15, -0.1) is 0 Å². The summed E-state index contributed by atoms with van der Waals surface area (Å²) in [5.74, 6) is 4.44. The summed E-state index contributed by atoms with van der Waals surface area (Å²) in [5, 5.41) is 6.58. The van der Waals surface area contributed by atoms with Gasteiger partial charge in [0.1, 0.15) is 24.5 Å². The first-order valence-electron chi connectivity index (χ1n) is 6.25. The van der Waals surface area contributed by atoms with Crippen LogP contribution in [0.3, 0.4) is 0 Å². The first-order chi connectivity index (χ1) is 10.1. The fraction of sp³-hybridized carbons (Fsp3) is 0.214. The van der Waals surface area contributed by atoms with E-state index in [0.717, 1.165) is 0 Å². The van der Waals surface area contributed by atoms with E-state index in [-0.39, 0.29) is 18.0 Å². The third-order valence-corrected chi connectivity index (χ3v) is 2.77. The van der Waals surface area contributed by atoms with E-state index in [0.29, 0.717) is 5.69 Å². The summed E-state index contributed by atoms with van der Waals surface area (Å²) in [6.45, 7) is 1.82. The van der Waals surface area contributed by atoms with E-state index in [1.165, 1.54) is 35.5 Å². The molecule has 0 aliphatic heterocycles. The largest absolute Gasteiger partial charge is 0.324 e. The summed E-state index contributed by atoms with van der Waals surface area (Å²) in [4.78, 5) is 15.9. The molecule has 2 aromatic rings. The van der Waals surface area contributed by atoms with Crippen LogP contribution in [0.5, 0.6) is 0 Å². The van der Waals surface area contributed by atoms with Gasteiger partial charge in [0.25, 0.3) is 0 Å². The Balaban J connectivity index is 2.14. The third kappa shape index (κ3) is 3.64. The van der Waals surface area contributed by atoms with E-state index in [1.807, 2.05) is 0 Å². The third-order valence-electron chi connectivity index (χ3n) is 2.77. The number of rotatable bonds is 3. The highest BCUT2D eigenvalue weighted by Crippen LogP contribution is 2.15. The maximum atomic E-state index is 13.5. The maximum Gasteiger partial charge on any atom is 0.249 e. The lowest BCUT2D eigenvalue weighted by molar-refractivity contribution is -0.119. The summed E-state index contributed by atoms with van der Waals surface area (Å²) in [6.07, 6.45) is 2.80. The Kier molecular flexibility index (Phi) is 4.64. The average Bonchev–Trinajstić information content (AvgIpc) is 3.01. The molecule has 0 aliphatic carbocycles. The summed E-state index contributed by atoms with van der Waals surface area (Å²) in [6, 6.07) is 3.64. The van der Waals surface area contributed by atoms with Crippen LogP contribution < -0.4 is 11.1 Å². The Morgan fingerprint density at radius 2 is 2.38 bits per heavy atom. The molecule has 108 valence electrons. The molecule has 0 bridgehead atoms. The number of nitrogens with two attached hydrogens (primary N) is 1. The van der Waals surface area contributed by atoms with Crippen LogP contribution in [0.2, 0.25) is 0 Å². The molecule has 21 heavy (non-hydrogen) atoms. The molecule has 0 radical (unpaired) electrons. The van der Waals surface area contributed by atoms with Crippen molar-refractivity contribution in [2.24, 2.45) is 5.73 Å². The van der Waals surface area contributed by atoms with Gasteiger partial charge in [-0.3, -0.25) is 4.79 Å². The van der Waals surface area contributed by atoms with Crippen molar-refractivity contribution in [3.8, 4) is 11.8 Å². The molecule has 1 aromatic heterocycles. The molecule has 1 heterocycles. The molecule has 0 fully saturated rings. The highest BCUT2D eigenvalue weighted by atomic mass is 19.1. The Morgan fingerprint density at radius 3 is 3.05 bits per heavy atom. The molecule has 3 N–H and O–H groups in total. The van der Waals surface area contributed by atoms with Crippen LogP contribution in [0, 0.1) is 17.7 Å². The number of carbonyl (C=O) groups is 1. The van der Waals surface area contributed by atoms with Crippen molar-refractivity contribution in [2.75, 3.05) is 11.9 Å². The second-order valence-electron chi connectivity index (χ2n) is 4.24. The fourth-order valence-electron chi connectivity index (χ4n) is 1.63. The summed E-state index contributed by atoms with van der Waals surface area (Å²) >= 11 is 0. The summed E-state index contributed by atoms with van der Waals surface area (Å²) < 4.78 is 15.0. The van der Waals surface area contributed by atoms with Gasteiger partial charge in [0.15, 0.2) is 0 Å². The Hall–Kier alpha value is -2.72. The zero-order valence-corrected chi connectivity index (χ0v) is 11.4. The Labute approximate surface area is 121 Å². The zero-order valence-electron chi connectivity index (χ0n) is 11.4. The van der Waals surface area contributed by atoms with E-state index in [4.69, 9.17) is 5.73 Å². The van der Waals surface area contributed by atoms with Crippen LogP contribution in [-0.2, 0) is 4.79 Å². The minimum Gasteiger partial charge on any atom is -0.324 e. The Morgan fingerprint density at radius 1 is 1.57 bits per heavy atom. The molecule has 0 saturated heterocycles. The van der Waals surface area contributed by atoms with E-state index in [1.54, 1.807) is 6.92 Å². The first kappa shape index (κ1) is 14.7. The maximum absolute atomic E-state index is 13.5. The van der Waals surface area contributed by atoms with E-state index in [2.05, 4.69) is 27.2 Å². The van der Waals surface area contributed by atoms with Crippen molar-refractivity contribution in [3.63, 3.8) is 0 Å². The molecule has 6 nitrogen and oxygen atoms in total. The van der Waals surface area contributed by atoms with Gasteiger partial charge in [0.05, 0.1) is 12.1 Å². The zero-order chi connectivity index (χ0) is 15.2. The van der Waals surface area contributed by atoms with E-state index in [9.17, 15) is 9.18 Å². The van der Waals surface area contributed by atoms with E-state index < -0.39 is 11.9 Å². The van der Waals surface area contributed by atoms with Gasteiger partial charge < -0.3 is 11.1 Å². The molecule has 7 heteroatoms. The number of hydrogen-bond donors (Lipinski definition) is 2. The number of aromatic nitrogens is 3. The fourth-order valence-corrected chi connectivity index (χ4v) is 1.63. The highest BCUT2D eigenvalue weighted by molar-refractivity contribution is 5.93. The number of nitrogens with one attached hydrogen (secondary N) is 1. The lowest BCUT2D eigenvalue weighted by Crippen LogP contribution is -2.24. The molecule has 1 aromatic carbocycles. The normalized spacial score (nSPS) is 11.4. The number of benzene rings is 1. The van der Waals surface area contributed by atoms with Crippen molar-refractivity contribution in [2.45, 2.75) is 13.0 Å². The van der Waals surface area contributed by atoms with Crippen molar-refractivity contribution in [1.29, 1.82) is 0 Å². The minimum atomic E-state index is -0.531. The first-order valence-corrected chi connectivity index (χ1v) is 6.25. The number of halogens is 1. The number of amides is 1. The molecule has 0 saturated carbocycles. The van der Waals surface area contributed by atoms with Gasteiger partial charge in [0, 0.05) is 5.69 Å². The standard InChI is InChI=1S/C14H14FN5O/c1-10(20-9-17-8-18-20)14(21)19-12-4-5-13(15)11(7-12)3-2-6-16/h4-5,7-10H,6,16H2,1H3,(H,19,21). The lowest BCUT2D eigenvalue weighted by Gasteiger charge is -2.12. The average molecular weight is 287 g/mol. The molecular formula is C14H14FN5O. The van der Waals surface area contributed by atoms with Crippen molar-refractivity contribution in [1.82, 2.24) is 14.8 Å². The smallest absolute Gasteiger partial charge is 0.249 e. The SMILES string of the molecule is CC(C(=O)Nc1ccc(F)c(C#CCN)c1)n1cncn1. The number of hydrogen-bond acceptors (Lipinski definition) is 4. The van der Waals surface area contributed by atoms with E-state index >= 15 is 0 Å².